The van der Waals surface area contributed by atoms with Gasteiger partial charge in [0.15, 0.2) is 0 Å². The third kappa shape index (κ3) is 3.06. The Hall–Kier alpha value is -1.45. The van der Waals surface area contributed by atoms with Crippen molar-refractivity contribution in [2.45, 2.75) is 39.2 Å². The number of nitrogens with zero attached hydrogens (tertiary/aromatic N) is 1. The second kappa shape index (κ2) is 5.46. The van der Waals surface area contributed by atoms with Gasteiger partial charge in [-0.25, -0.2) is 4.98 Å². The van der Waals surface area contributed by atoms with Crippen LogP contribution in [0.1, 0.15) is 43.6 Å². The van der Waals surface area contributed by atoms with Crippen LogP contribution in [0.25, 0.3) is 0 Å². The predicted octanol–water partition coefficient (Wildman–Crippen LogP) is 2.78. The molecule has 1 N–H and O–H groups in total. The highest BCUT2D eigenvalue weighted by molar-refractivity contribution is 5.92. The van der Waals surface area contributed by atoms with Crippen molar-refractivity contribution in [3.63, 3.8) is 0 Å². The normalized spacial score (nSPS) is 27.8. The molecule has 0 spiro atoms. The molecule has 3 nitrogen and oxygen atoms in total. The van der Waals surface area contributed by atoms with Gasteiger partial charge in [-0.05, 0) is 43.2 Å². The summed E-state index contributed by atoms with van der Waals surface area (Å²) in [5.41, 5.74) is 0.154. The third-order valence-corrected chi connectivity index (χ3v) is 3.70. The summed E-state index contributed by atoms with van der Waals surface area (Å²) in [6.07, 6.45) is 3.25. The third-order valence-electron chi connectivity index (χ3n) is 3.70. The number of hydrogen-bond acceptors (Lipinski definition) is 2. The molecule has 3 unspecified atom stereocenters. The number of rotatable bonds is 2. The molecule has 4 heteroatoms. The van der Waals surface area contributed by atoms with Crippen LogP contribution in [-0.4, -0.2) is 16.9 Å². The van der Waals surface area contributed by atoms with Crippen LogP contribution >= 0.6 is 0 Å². The SMILES string of the molecule is CC1CCC(NC(=O)c2cccc(F)n2)C(C)C1. The Morgan fingerprint density at radius 1 is 1.39 bits per heavy atom. The van der Waals surface area contributed by atoms with E-state index in [9.17, 15) is 9.18 Å². The lowest BCUT2D eigenvalue weighted by molar-refractivity contribution is 0.0893. The highest BCUT2D eigenvalue weighted by Gasteiger charge is 2.27. The summed E-state index contributed by atoms with van der Waals surface area (Å²) in [6, 6.07) is 4.46. The van der Waals surface area contributed by atoms with Gasteiger partial charge < -0.3 is 5.32 Å². The van der Waals surface area contributed by atoms with Crippen molar-refractivity contribution in [1.29, 1.82) is 0 Å². The number of pyridine rings is 1. The van der Waals surface area contributed by atoms with Crippen LogP contribution in [-0.2, 0) is 0 Å². The molecule has 1 amide bonds. The summed E-state index contributed by atoms with van der Waals surface area (Å²) >= 11 is 0. The van der Waals surface area contributed by atoms with Crippen LogP contribution in [0.2, 0.25) is 0 Å². The Kier molecular flexibility index (Phi) is 3.94. The smallest absolute Gasteiger partial charge is 0.270 e. The van der Waals surface area contributed by atoms with E-state index in [0.717, 1.165) is 25.2 Å². The number of nitrogens with one attached hydrogen (secondary N) is 1. The van der Waals surface area contributed by atoms with Crippen LogP contribution in [0.4, 0.5) is 4.39 Å². The zero-order chi connectivity index (χ0) is 13.1. The minimum atomic E-state index is -0.618. The zero-order valence-corrected chi connectivity index (χ0v) is 10.8. The van der Waals surface area contributed by atoms with E-state index in [1.807, 2.05) is 0 Å². The van der Waals surface area contributed by atoms with Crippen LogP contribution in [0, 0.1) is 17.8 Å². The fourth-order valence-corrected chi connectivity index (χ4v) is 2.66. The summed E-state index contributed by atoms with van der Waals surface area (Å²) < 4.78 is 12.9. The molecule has 0 bridgehead atoms. The van der Waals surface area contributed by atoms with Gasteiger partial charge in [-0.15, -0.1) is 0 Å². The van der Waals surface area contributed by atoms with Gasteiger partial charge in [0.25, 0.3) is 5.91 Å². The Morgan fingerprint density at radius 2 is 2.17 bits per heavy atom. The topological polar surface area (TPSA) is 42.0 Å². The van der Waals surface area contributed by atoms with Crippen molar-refractivity contribution in [1.82, 2.24) is 10.3 Å². The number of aromatic nitrogens is 1. The van der Waals surface area contributed by atoms with Crippen molar-refractivity contribution in [3.8, 4) is 0 Å². The molecule has 98 valence electrons. The molecule has 1 aliphatic rings. The Balaban J connectivity index is 1.99. The monoisotopic (exact) mass is 250 g/mol. The second-order valence-electron chi connectivity index (χ2n) is 5.32. The molecule has 1 saturated carbocycles. The van der Waals surface area contributed by atoms with Gasteiger partial charge >= 0.3 is 0 Å². The number of hydrogen-bond donors (Lipinski definition) is 1. The fourth-order valence-electron chi connectivity index (χ4n) is 2.66. The summed E-state index contributed by atoms with van der Waals surface area (Å²) in [5, 5.41) is 2.96. The average Bonchev–Trinajstić information content (AvgIpc) is 2.32. The maximum atomic E-state index is 12.9. The average molecular weight is 250 g/mol. The van der Waals surface area contributed by atoms with Crippen molar-refractivity contribution in [3.05, 3.63) is 29.8 Å². The lowest BCUT2D eigenvalue weighted by Gasteiger charge is -2.33. The van der Waals surface area contributed by atoms with Gasteiger partial charge in [-0.3, -0.25) is 4.79 Å². The van der Waals surface area contributed by atoms with Crippen molar-refractivity contribution in [2.75, 3.05) is 0 Å². The number of halogens is 1. The molecule has 1 aliphatic carbocycles. The highest BCUT2D eigenvalue weighted by atomic mass is 19.1. The lowest BCUT2D eigenvalue weighted by atomic mass is 9.80. The molecule has 2 rings (SSSR count). The van der Waals surface area contributed by atoms with Crippen molar-refractivity contribution < 1.29 is 9.18 Å². The van der Waals surface area contributed by atoms with E-state index in [0.29, 0.717) is 5.92 Å². The van der Waals surface area contributed by atoms with E-state index < -0.39 is 5.95 Å². The standard InChI is InChI=1S/C14H19FN2O/c1-9-6-7-11(10(2)8-9)17-14(18)12-4-3-5-13(15)16-12/h3-5,9-11H,6-8H2,1-2H3,(H,17,18). The molecule has 1 fully saturated rings. The molecular formula is C14H19FN2O. The zero-order valence-electron chi connectivity index (χ0n) is 10.8. The predicted molar refractivity (Wildman–Crippen MR) is 67.6 cm³/mol. The first-order valence-electron chi connectivity index (χ1n) is 6.49. The molecule has 3 atom stereocenters. The van der Waals surface area contributed by atoms with E-state index in [1.54, 1.807) is 0 Å². The molecular weight excluding hydrogens is 231 g/mol. The maximum absolute atomic E-state index is 12.9. The van der Waals surface area contributed by atoms with Crippen LogP contribution in [0.15, 0.2) is 18.2 Å². The Labute approximate surface area is 107 Å². The molecule has 1 aromatic rings. The number of carbonyl (C=O) groups is 1. The molecule has 0 saturated heterocycles. The van der Waals surface area contributed by atoms with E-state index >= 15 is 0 Å². The largest absolute Gasteiger partial charge is 0.348 e. The lowest BCUT2D eigenvalue weighted by Crippen LogP contribution is -2.42. The van der Waals surface area contributed by atoms with E-state index in [-0.39, 0.29) is 17.6 Å². The second-order valence-corrected chi connectivity index (χ2v) is 5.32. The van der Waals surface area contributed by atoms with E-state index in [4.69, 9.17) is 0 Å². The van der Waals surface area contributed by atoms with Crippen LogP contribution in [0.5, 0.6) is 0 Å². The molecule has 0 aliphatic heterocycles. The first kappa shape index (κ1) is 13.0. The molecule has 1 heterocycles. The summed E-state index contributed by atoms with van der Waals surface area (Å²) in [5.74, 6) is 0.292. The molecule has 0 aromatic carbocycles. The van der Waals surface area contributed by atoms with Crippen molar-refractivity contribution in [2.24, 2.45) is 11.8 Å². The molecule has 1 aromatic heterocycles. The molecule has 18 heavy (non-hydrogen) atoms. The van der Waals surface area contributed by atoms with Gasteiger partial charge in [0, 0.05) is 6.04 Å². The number of amides is 1. The summed E-state index contributed by atoms with van der Waals surface area (Å²) in [4.78, 5) is 15.6. The molecule has 0 radical (unpaired) electrons. The van der Waals surface area contributed by atoms with Gasteiger partial charge in [-0.2, -0.15) is 4.39 Å². The Bertz CT molecular complexity index is 436. The van der Waals surface area contributed by atoms with E-state index in [2.05, 4.69) is 24.1 Å². The van der Waals surface area contributed by atoms with Gasteiger partial charge in [0.05, 0.1) is 0 Å². The van der Waals surface area contributed by atoms with Gasteiger partial charge in [0.2, 0.25) is 5.95 Å². The summed E-state index contributed by atoms with van der Waals surface area (Å²) in [6.45, 7) is 4.39. The van der Waals surface area contributed by atoms with E-state index in [1.165, 1.54) is 18.2 Å². The Morgan fingerprint density at radius 3 is 2.83 bits per heavy atom. The van der Waals surface area contributed by atoms with Crippen molar-refractivity contribution >= 4 is 5.91 Å². The summed E-state index contributed by atoms with van der Waals surface area (Å²) in [7, 11) is 0. The fraction of sp³-hybridized carbons (Fsp3) is 0.571. The first-order valence-corrected chi connectivity index (χ1v) is 6.49. The van der Waals surface area contributed by atoms with Crippen LogP contribution < -0.4 is 5.32 Å². The number of carbonyl (C=O) groups excluding carboxylic acids is 1. The quantitative estimate of drug-likeness (QED) is 0.820. The first-order chi connectivity index (χ1) is 8.56. The maximum Gasteiger partial charge on any atom is 0.270 e. The minimum Gasteiger partial charge on any atom is -0.348 e. The van der Waals surface area contributed by atoms with Crippen LogP contribution in [0.3, 0.4) is 0 Å². The minimum absolute atomic E-state index is 0.154. The van der Waals surface area contributed by atoms with Gasteiger partial charge in [0.1, 0.15) is 5.69 Å². The van der Waals surface area contributed by atoms with Gasteiger partial charge in [-0.1, -0.05) is 19.9 Å². The highest BCUT2D eigenvalue weighted by Crippen LogP contribution is 2.28.